The summed E-state index contributed by atoms with van der Waals surface area (Å²) in [4.78, 5) is 35.1. The zero-order chi connectivity index (χ0) is 35.2. The second-order valence-corrected chi connectivity index (χ2v) is 14.4. The summed E-state index contributed by atoms with van der Waals surface area (Å²) in [7, 11) is 0. The van der Waals surface area contributed by atoms with Crippen LogP contribution in [0.5, 0.6) is 0 Å². The maximum absolute atomic E-state index is 12.1. The number of unbranched alkanes of at least 4 members (excludes halogenated alkanes) is 22. The molecule has 0 aliphatic heterocycles. The largest absolute Gasteiger partial charge is 0.466 e. The molecule has 1 atom stereocenters. The summed E-state index contributed by atoms with van der Waals surface area (Å²) in [5.41, 5.74) is 0. The van der Waals surface area contributed by atoms with Crippen LogP contribution in [0, 0.1) is 5.92 Å². The van der Waals surface area contributed by atoms with Gasteiger partial charge in [-0.3, -0.25) is 14.4 Å². The maximum atomic E-state index is 12.1. The van der Waals surface area contributed by atoms with E-state index in [1.54, 1.807) is 0 Å². The number of carbonyl (C=O) groups is 3. The van der Waals surface area contributed by atoms with Gasteiger partial charge in [0.25, 0.3) is 6.47 Å². The molecule has 0 bridgehead atoms. The van der Waals surface area contributed by atoms with Crippen molar-refractivity contribution in [3.8, 4) is 0 Å². The number of allylic oxidation sites excluding steroid dienone is 2. The lowest BCUT2D eigenvalue weighted by molar-refractivity contribution is -0.146. The number of ether oxygens (including phenoxy) is 3. The Hall–Kier alpha value is -1.85. The summed E-state index contributed by atoms with van der Waals surface area (Å²) in [5, 5.41) is 0. The van der Waals surface area contributed by atoms with E-state index < -0.39 is 6.10 Å². The summed E-state index contributed by atoms with van der Waals surface area (Å²) in [6, 6.07) is 0. The van der Waals surface area contributed by atoms with Crippen LogP contribution in [0.2, 0.25) is 0 Å². The molecule has 0 saturated heterocycles. The maximum Gasteiger partial charge on any atom is 0.305 e. The average Bonchev–Trinajstić information content (AvgIpc) is 3.06. The molecule has 0 amide bonds. The van der Waals surface area contributed by atoms with Crippen LogP contribution in [0.15, 0.2) is 12.2 Å². The van der Waals surface area contributed by atoms with Crippen LogP contribution in [-0.4, -0.2) is 37.7 Å². The monoisotopic (exact) mass is 679 g/mol. The SMILES string of the molecule is CCCCCCCC/C=C\CCCCCCCC(=O)OCCC(CCOC(=O)CCCCCCCCCCCCCCC(C)C)OC=O. The summed E-state index contributed by atoms with van der Waals surface area (Å²) >= 11 is 0. The Labute approximate surface area is 297 Å². The van der Waals surface area contributed by atoms with Crippen molar-refractivity contribution in [3.63, 3.8) is 0 Å². The van der Waals surface area contributed by atoms with E-state index in [1.165, 1.54) is 128 Å². The number of hydrogen-bond donors (Lipinski definition) is 0. The van der Waals surface area contributed by atoms with Crippen molar-refractivity contribution in [1.29, 1.82) is 0 Å². The van der Waals surface area contributed by atoms with E-state index in [2.05, 4.69) is 32.9 Å². The first kappa shape index (κ1) is 46.1. The van der Waals surface area contributed by atoms with E-state index in [1.807, 2.05) is 0 Å². The van der Waals surface area contributed by atoms with Crippen molar-refractivity contribution in [2.45, 2.75) is 219 Å². The minimum Gasteiger partial charge on any atom is -0.466 e. The molecule has 0 radical (unpaired) electrons. The number of rotatable bonds is 38. The van der Waals surface area contributed by atoms with E-state index in [-0.39, 0.29) is 25.2 Å². The molecule has 0 aliphatic carbocycles. The molecular weight excluding hydrogens is 600 g/mol. The Morgan fingerprint density at radius 3 is 1.27 bits per heavy atom. The van der Waals surface area contributed by atoms with Gasteiger partial charge in [0.15, 0.2) is 0 Å². The standard InChI is InChI=1S/C42H78O6/c1-4-5-6-7-8-9-10-11-12-13-17-20-23-26-29-32-41(44)46-36-34-40(48-38-43)35-37-47-42(45)33-30-27-24-21-18-15-14-16-19-22-25-28-31-39(2)3/h11-12,38-40H,4-10,13-37H2,1-3H3/b12-11-. The molecule has 282 valence electrons. The lowest BCUT2D eigenvalue weighted by Gasteiger charge is -2.15. The van der Waals surface area contributed by atoms with E-state index in [0.29, 0.717) is 32.2 Å². The lowest BCUT2D eigenvalue weighted by atomic mass is 10.0. The van der Waals surface area contributed by atoms with Crippen LogP contribution in [0.25, 0.3) is 0 Å². The molecule has 0 aliphatic rings. The van der Waals surface area contributed by atoms with Crippen molar-refractivity contribution in [1.82, 2.24) is 0 Å². The molecule has 0 fully saturated rings. The first-order valence-electron chi connectivity index (χ1n) is 20.5. The molecule has 0 aromatic rings. The van der Waals surface area contributed by atoms with Gasteiger partial charge in [-0.15, -0.1) is 0 Å². The van der Waals surface area contributed by atoms with Gasteiger partial charge in [0.1, 0.15) is 6.10 Å². The van der Waals surface area contributed by atoms with E-state index in [0.717, 1.165) is 44.4 Å². The highest BCUT2D eigenvalue weighted by molar-refractivity contribution is 5.69. The molecule has 48 heavy (non-hydrogen) atoms. The molecule has 0 heterocycles. The normalized spacial score (nSPS) is 12.1. The molecule has 0 saturated carbocycles. The predicted molar refractivity (Wildman–Crippen MR) is 201 cm³/mol. The van der Waals surface area contributed by atoms with Crippen molar-refractivity contribution in [2.24, 2.45) is 5.92 Å². The molecule has 0 N–H and O–H groups in total. The Morgan fingerprint density at radius 2 is 0.875 bits per heavy atom. The number of hydrogen-bond acceptors (Lipinski definition) is 6. The van der Waals surface area contributed by atoms with Gasteiger partial charge >= 0.3 is 11.9 Å². The topological polar surface area (TPSA) is 78.9 Å². The molecule has 0 aromatic carbocycles. The Bertz CT molecular complexity index is 734. The first-order chi connectivity index (χ1) is 23.5. The highest BCUT2D eigenvalue weighted by Gasteiger charge is 2.13. The predicted octanol–water partition coefficient (Wildman–Crippen LogP) is 12.5. The molecule has 6 nitrogen and oxygen atoms in total. The van der Waals surface area contributed by atoms with Gasteiger partial charge in [0, 0.05) is 25.7 Å². The number of esters is 2. The van der Waals surface area contributed by atoms with E-state index >= 15 is 0 Å². The fraction of sp³-hybridized carbons (Fsp3) is 0.881. The minimum absolute atomic E-state index is 0.195. The van der Waals surface area contributed by atoms with Crippen LogP contribution in [0.3, 0.4) is 0 Å². The molecular formula is C42H78O6. The summed E-state index contributed by atoms with van der Waals surface area (Å²) < 4.78 is 15.8. The van der Waals surface area contributed by atoms with Gasteiger partial charge in [-0.1, -0.05) is 161 Å². The molecule has 1 unspecified atom stereocenters. The second-order valence-electron chi connectivity index (χ2n) is 14.4. The third-order valence-corrected chi connectivity index (χ3v) is 9.21. The highest BCUT2D eigenvalue weighted by Crippen LogP contribution is 2.15. The zero-order valence-corrected chi connectivity index (χ0v) is 32.0. The van der Waals surface area contributed by atoms with E-state index in [9.17, 15) is 14.4 Å². The molecule has 0 spiro atoms. The van der Waals surface area contributed by atoms with Crippen molar-refractivity contribution < 1.29 is 28.6 Å². The zero-order valence-electron chi connectivity index (χ0n) is 32.0. The Morgan fingerprint density at radius 1 is 0.500 bits per heavy atom. The Kier molecular flexibility index (Phi) is 36.5. The van der Waals surface area contributed by atoms with E-state index in [4.69, 9.17) is 14.2 Å². The van der Waals surface area contributed by atoms with Crippen molar-refractivity contribution in [2.75, 3.05) is 13.2 Å². The van der Waals surface area contributed by atoms with Gasteiger partial charge < -0.3 is 14.2 Å². The van der Waals surface area contributed by atoms with Gasteiger partial charge in [0.2, 0.25) is 0 Å². The smallest absolute Gasteiger partial charge is 0.305 e. The van der Waals surface area contributed by atoms with Crippen molar-refractivity contribution in [3.05, 3.63) is 12.2 Å². The highest BCUT2D eigenvalue weighted by atomic mass is 16.6. The van der Waals surface area contributed by atoms with Crippen LogP contribution in [-0.2, 0) is 28.6 Å². The Balaban J connectivity index is 3.61. The van der Waals surface area contributed by atoms with Crippen LogP contribution in [0.4, 0.5) is 0 Å². The van der Waals surface area contributed by atoms with Gasteiger partial charge in [0.05, 0.1) is 13.2 Å². The lowest BCUT2D eigenvalue weighted by Crippen LogP contribution is -2.20. The van der Waals surface area contributed by atoms with Gasteiger partial charge in [-0.25, -0.2) is 0 Å². The van der Waals surface area contributed by atoms with Crippen LogP contribution < -0.4 is 0 Å². The van der Waals surface area contributed by atoms with Crippen LogP contribution >= 0.6 is 0 Å². The summed E-state index contributed by atoms with van der Waals surface area (Å²) in [5.74, 6) is 0.442. The quantitative estimate of drug-likeness (QED) is 0.0213. The minimum atomic E-state index is -0.423. The fourth-order valence-electron chi connectivity index (χ4n) is 6.04. The molecule has 0 rings (SSSR count). The van der Waals surface area contributed by atoms with Gasteiger partial charge in [-0.2, -0.15) is 0 Å². The second kappa shape index (κ2) is 38.0. The number of carbonyl (C=O) groups excluding carboxylic acids is 3. The summed E-state index contributed by atoms with van der Waals surface area (Å²) in [6.07, 6.45) is 38.5. The third kappa shape index (κ3) is 37.0. The molecule has 6 heteroatoms. The van der Waals surface area contributed by atoms with Crippen molar-refractivity contribution >= 4 is 18.4 Å². The first-order valence-corrected chi connectivity index (χ1v) is 20.5. The average molecular weight is 679 g/mol. The molecule has 0 aromatic heterocycles. The fourth-order valence-corrected chi connectivity index (χ4v) is 6.04. The van der Waals surface area contributed by atoms with Crippen LogP contribution in [0.1, 0.15) is 213 Å². The summed E-state index contributed by atoms with van der Waals surface area (Å²) in [6.45, 7) is 7.69. The van der Waals surface area contributed by atoms with Gasteiger partial charge in [-0.05, 0) is 44.4 Å². The third-order valence-electron chi connectivity index (χ3n) is 9.21.